The fourth-order valence-electron chi connectivity index (χ4n) is 0.289. The molecule has 0 heterocycles. The van der Waals surface area contributed by atoms with Gasteiger partial charge in [-0.15, -0.1) is 0 Å². The Labute approximate surface area is 48.8 Å². The molecular formula is C5H13As. The average molecular weight is 148 g/mol. The topological polar surface area (TPSA) is 0 Å². The Kier molecular flexibility index (Phi) is 4.09. The van der Waals surface area contributed by atoms with Crippen LogP contribution >= 0.6 is 0 Å². The molecule has 0 N–H and O–H groups in total. The molecule has 0 radical (unpaired) electrons. The molecule has 6 heavy (non-hydrogen) atoms. The third-order valence-corrected chi connectivity index (χ3v) is 3.03. The second-order valence-electron chi connectivity index (χ2n) is 1.58. The van der Waals surface area contributed by atoms with Gasteiger partial charge in [-0.25, -0.2) is 0 Å². The fraction of sp³-hybridized carbons (Fsp3) is 1.00. The molecule has 38 valence electrons. The average Bonchev–Trinajstić information content (AvgIpc) is 1.65. The van der Waals surface area contributed by atoms with Gasteiger partial charge in [0.05, 0.1) is 0 Å². The van der Waals surface area contributed by atoms with Crippen LogP contribution in [0.15, 0.2) is 0 Å². The molecule has 1 atom stereocenters. The first-order valence-electron chi connectivity index (χ1n) is 2.56. The summed E-state index contributed by atoms with van der Waals surface area (Å²) in [6, 6.07) is 0. The molecule has 0 saturated carbocycles. The molecular weight excluding hydrogens is 135 g/mol. The Morgan fingerprint density at radius 3 is 1.67 bits per heavy atom. The van der Waals surface area contributed by atoms with Crippen LogP contribution in [-0.2, 0) is 0 Å². The Bertz CT molecular complexity index is 23.1. The van der Waals surface area contributed by atoms with Crippen molar-refractivity contribution in [1.82, 2.24) is 0 Å². The summed E-state index contributed by atoms with van der Waals surface area (Å²) in [5, 5.41) is 0. The predicted molar refractivity (Wildman–Crippen MR) is 32.9 cm³/mol. The molecule has 0 aromatic heterocycles. The summed E-state index contributed by atoms with van der Waals surface area (Å²) < 4.78 is 0.998. The summed E-state index contributed by atoms with van der Waals surface area (Å²) in [5.74, 6) is 0. The molecule has 1 heteroatoms. The van der Waals surface area contributed by atoms with E-state index in [0.29, 0.717) is 0 Å². The summed E-state index contributed by atoms with van der Waals surface area (Å²) in [6.45, 7) is 4.49. The number of hydrogen-bond donors (Lipinski definition) is 0. The minimum absolute atomic E-state index is 0.998. The van der Waals surface area contributed by atoms with Gasteiger partial charge in [0.1, 0.15) is 0 Å². The van der Waals surface area contributed by atoms with E-state index in [1.54, 1.807) is 0 Å². The third-order valence-electron chi connectivity index (χ3n) is 1.05. The molecule has 0 aliphatic rings. The van der Waals surface area contributed by atoms with Crippen LogP contribution in [0.5, 0.6) is 0 Å². The van der Waals surface area contributed by atoms with Gasteiger partial charge < -0.3 is 0 Å². The SMILES string of the molecule is CCC([AsH2])CC. The van der Waals surface area contributed by atoms with E-state index in [9.17, 15) is 0 Å². The van der Waals surface area contributed by atoms with E-state index in [1.807, 2.05) is 16.9 Å². The summed E-state index contributed by atoms with van der Waals surface area (Å²) >= 11 is 1.88. The van der Waals surface area contributed by atoms with Crippen molar-refractivity contribution in [2.75, 3.05) is 0 Å². The van der Waals surface area contributed by atoms with Crippen LogP contribution in [-0.4, -0.2) is 16.9 Å². The normalized spacial score (nSPS) is 10.0. The maximum absolute atomic E-state index is 2.25. The maximum atomic E-state index is 2.25. The molecule has 0 rings (SSSR count). The summed E-state index contributed by atoms with van der Waals surface area (Å²) in [5.41, 5.74) is 0. The molecule has 0 amide bonds. The number of hydrogen-bond acceptors (Lipinski definition) is 0. The molecule has 0 aromatic rings. The van der Waals surface area contributed by atoms with Gasteiger partial charge in [-0.1, -0.05) is 0 Å². The zero-order valence-corrected chi connectivity index (χ0v) is 6.99. The van der Waals surface area contributed by atoms with E-state index in [-0.39, 0.29) is 0 Å². The Morgan fingerprint density at radius 1 is 1.33 bits per heavy atom. The number of rotatable bonds is 2. The van der Waals surface area contributed by atoms with Crippen LogP contribution in [0.1, 0.15) is 26.7 Å². The van der Waals surface area contributed by atoms with Gasteiger partial charge >= 0.3 is 48.2 Å². The van der Waals surface area contributed by atoms with Crippen molar-refractivity contribution in [3.63, 3.8) is 0 Å². The molecule has 0 nitrogen and oxygen atoms in total. The fourth-order valence-corrected chi connectivity index (χ4v) is 0.289. The van der Waals surface area contributed by atoms with Crippen molar-refractivity contribution in [2.45, 2.75) is 31.4 Å². The van der Waals surface area contributed by atoms with Gasteiger partial charge in [0.25, 0.3) is 0 Å². The first kappa shape index (κ1) is 6.56. The van der Waals surface area contributed by atoms with Gasteiger partial charge in [0.15, 0.2) is 0 Å². The van der Waals surface area contributed by atoms with Crippen molar-refractivity contribution >= 4 is 16.9 Å². The monoisotopic (exact) mass is 148 g/mol. The van der Waals surface area contributed by atoms with Crippen LogP contribution < -0.4 is 0 Å². The summed E-state index contributed by atoms with van der Waals surface area (Å²) in [7, 11) is 0. The van der Waals surface area contributed by atoms with E-state index < -0.39 is 0 Å². The third kappa shape index (κ3) is 2.78. The second-order valence-corrected chi connectivity index (χ2v) is 3.55. The van der Waals surface area contributed by atoms with Gasteiger partial charge in [0, 0.05) is 0 Å². The molecule has 0 saturated heterocycles. The molecule has 0 bridgehead atoms. The molecule has 0 aliphatic carbocycles. The van der Waals surface area contributed by atoms with E-state index in [2.05, 4.69) is 13.8 Å². The van der Waals surface area contributed by atoms with Crippen molar-refractivity contribution in [3.05, 3.63) is 0 Å². The summed E-state index contributed by atoms with van der Waals surface area (Å²) in [6.07, 6.45) is 2.72. The summed E-state index contributed by atoms with van der Waals surface area (Å²) in [4.78, 5) is 0. The standard InChI is InChI=1S/C5H13As/c1-3-5(6)4-2/h5H,3-4,6H2,1-2H3. The predicted octanol–water partition coefficient (Wildman–Crippen LogP) is 1.23. The van der Waals surface area contributed by atoms with Gasteiger partial charge in [-0.05, 0) is 0 Å². The van der Waals surface area contributed by atoms with Crippen molar-refractivity contribution < 1.29 is 0 Å². The zero-order valence-electron chi connectivity index (χ0n) is 4.57. The van der Waals surface area contributed by atoms with Crippen molar-refractivity contribution in [1.29, 1.82) is 0 Å². The van der Waals surface area contributed by atoms with Crippen molar-refractivity contribution in [3.8, 4) is 0 Å². The van der Waals surface area contributed by atoms with E-state index in [4.69, 9.17) is 0 Å². The quantitative estimate of drug-likeness (QED) is 0.516. The van der Waals surface area contributed by atoms with Crippen LogP contribution in [0, 0.1) is 0 Å². The van der Waals surface area contributed by atoms with Crippen LogP contribution in [0.2, 0.25) is 4.71 Å². The first-order valence-corrected chi connectivity index (χ1v) is 3.96. The van der Waals surface area contributed by atoms with E-state index >= 15 is 0 Å². The molecule has 1 unspecified atom stereocenters. The molecule has 0 spiro atoms. The van der Waals surface area contributed by atoms with Crippen molar-refractivity contribution in [2.24, 2.45) is 0 Å². The van der Waals surface area contributed by atoms with Gasteiger partial charge in [0.2, 0.25) is 0 Å². The zero-order chi connectivity index (χ0) is 4.99. The molecule has 0 fully saturated rings. The first-order chi connectivity index (χ1) is 2.81. The van der Waals surface area contributed by atoms with Crippen LogP contribution in [0.4, 0.5) is 0 Å². The van der Waals surface area contributed by atoms with Crippen LogP contribution in [0.25, 0.3) is 0 Å². The Hall–Kier alpha value is 0.558. The second kappa shape index (κ2) is 3.74. The Balaban J connectivity index is 2.75. The Morgan fingerprint density at radius 2 is 1.67 bits per heavy atom. The van der Waals surface area contributed by atoms with E-state index in [1.165, 1.54) is 12.8 Å². The minimum atomic E-state index is 0.998. The van der Waals surface area contributed by atoms with Crippen LogP contribution in [0.3, 0.4) is 0 Å². The van der Waals surface area contributed by atoms with Gasteiger partial charge in [-0.2, -0.15) is 0 Å². The van der Waals surface area contributed by atoms with Gasteiger partial charge in [-0.3, -0.25) is 0 Å². The molecule has 0 aromatic carbocycles. The molecule has 0 aliphatic heterocycles. The van der Waals surface area contributed by atoms with E-state index in [0.717, 1.165) is 4.71 Å².